The zero-order chi connectivity index (χ0) is 10.7. The lowest BCUT2D eigenvalue weighted by Crippen LogP contribution is -2.10. The second-order valence-electron chi connectivity index (χ2n) is 4.13. The highest BCUT2D eigenvalue weighted by atomic mass is 35.7. The summed E-state index contributed by atoms with van der Waals surface area (Å²) in [7, 11) is 0. The molecule has 14 heavy (non-hydrogen) atoms. The van der Waals surface area contributed by atoms with Crippen LogP contribution in [-0.2, 0) is 0 Å². The van der Waals surface area contributed by atoms with Gasteiger partial charge in [-0.25, -0.2) is 0 Å². The van der Waals surface area contributed by atoms with Crippen molar-refractivity contribution in [2.45, 2.75) is 49.9 Å². The van der Waals surface area contributed by atoms with Crippen molar-refractivity contribution in [2.75, 3.05) is 0 Å². The molecule has 0 amide bonds. The van der Waals surface area contributed by atoms with Crippen LogP contribution < -0.4 is 0 Å². The molecule has 0 aromatic carbocycles. The van der Waals surface area contributed by atoms with Gasteiger partial charge in [0.05, 0.1) is 0 Å². The molecule has 2 heterocycles. The molecule has 6 heteroatoms. The fraction of sp³-hybridized carbons (Fsp3) is 1.00. The fourth-order valence-corrected chi connectivity index (χ4v) is 8.56. The minimum absolute atomic E-state index is 1.12. The van der Waals surface area contributed by atoms with Crippen molar-refractivity contribution in [2.24, 2.45) is 0 Å². The Morgan fingerprint density at radius 2 is 0.714 bits per heavy atom. The molecule has 2 fully saturated rings. The molecule has 2 saturated heterocycles. The van der Waals surface area contributed by atoms with Crippen LogP contribution in [0.25, 0.3) is 0 Å². The van der Waals surface area contributed by atoms with Gasteiger partial charge in [0.15, 0.2) is 0 Å². The van der Waals surface area contributed by atoms with E-state index in [1.165, 1.54) is 25.7 Å². The van der Waals surface area contributed by atoms with Crippen LogP contribution in [0.2, 0.25) is 24.2 Å². The van der Waals surface area contributed by atoms with E-state index in [-0.39, 0.29) is 0 Å². The summed E-state index contributed by atoms with van der Waals surface area (Å²) >= 11 is 23.5. The maximum atomic E-state index is 5.87. The Labute approximate surface area is 107 Å². The van der Waals surface area contributed by atoms with Crippen molar-refractivity contribution >= 4 is 57.7 Å². The van der Waals surface area contributed by atoms with Crippen LogP contribution in [0, 0.1) is 0 Å². The molecule has 0 spiro atoms. The van der Waals surface area contributed by atoms with Crippen LogP contribution in [0.1, 0.15) is 25.7 Å². The molecule has 0 nitrogen and oxygen atoms in total. The molecular formula is C8H16Cl4Si2. The molecule has 0 atom stereocenters. The van der Waals surface area contributed by atoms with Crippen LogP contribution in [0.3, 0.4) is 0 Å². The highest BCUT2D eigenvalue weighted by Gasteiger charge is 2.32. The summed E-state index contributed by atoms with van der Waals surface area (Å²) in [6, 6.07) is 4.48. The Hall–Kier alpha value is 1.59. The van der Waals surface area contributed by atoms with Gasteiger partial charge in [0.25, 0.3) is 13.4 Å². The normalized spacial score (nSPS) is 28.3. The topological polar surface area (TPSA) is 0 Å². The minimum atomic E-state index is -1.60. The number of halogens is 4. The van der Waals surface area contributed by atoms with Crippen LogP contribution in [0.4, 0.5) is 0 Å². The second kappa shape index (κ2) is 5.78. The van der Waals surface area contributed by atoms with Gasteiger partial charge in [-0.15, -0.1) is 44.3 Å². The molecule has 0 saturated carbocycles. The lowest BCUT2D eigenvalue weighted by atomic mass is 10.4. The summed E-state index contributed by atoms with van der Waals surface area (Å²) in [4.78, 5) is 0. The van der Waals surface area contributed by atoms with Gasteiger partial charge in [-0.3, -0.25) is 0 Å². The first-order valence-electron chi connectivity index (χ1n) is 5.17. The monoisotopic (exact) mass is 308 g/mol. The van der Waals surface area contributed by atoms with E-state index < -0.39 is 13.4 Å². The van der Waals surface area contributed by atoms with Crippen molar-refractivity contribution in [3.8, 4) is 0 Å². The summed E-state index contributed by atoms with van der Waals surface area (Å²) in [5, 5.41) is 0. The van der Waals surface area contributed by atoms with Crippen LogP contribution in [0.5, 0.6) is 0 Å². The average Bonchev–Trinajstić information content (AvgIpc) is 2.60. The zero-order valence-electron chi connectivity index (χ0n) is 8.17. The van der Waals surface area contributed by atoms with Crippen LogP contribution in [0.15, 0.2) is 0 Å². The molecule has 0 radical (unpaired) electrons. The van der Waals surface area contributed by atoms with E-state index in [4.69, 9.17) is 44.3 Å². The average molecular weight is 310 g/mol. The van der Waals surface area contributed by atoms with Gasteiger partial charge in [0, 0.05) is 0 Å². The van der Waals surface area contributed by atoms with E-state index in [1.807, 2.05) is 0 Å². The largest absolute Gasteiger partial charge is 0.251 e. The molecule has 2 aliphatic heterocycles. The van der Waals surface area contributed by atoms with Gasteiger partial charge >= 0.3 is 0 Å². The Morgan fingerprint density at radius 3 is 0.786 bits per heavy atom. The van der Waals surface area contributed by atoms with Crippen molar-refractivity contribution in [1.29, 1.82) is 0 Å². The molecule has 84 valence electrons. The molecule has 0 N–H and O–H groups in total. The summed E-state index contributed by atoms with van der Waals surface area (Å²) in [6.07, 6.45) is 5.05. The molecule has 2 rings (SSSR count). The lowest BCUT2D eigenvalue weighted by molar-refractivity contribution is 0.935. The Kier molecular flexibility index (Phi) is 5.64. The third-order valence-corrected chi connectivity index (χ3v) is 11.5. The van der Waals surface area contributed by atoms with Crippen molar-refractivity contribution in [1.82, 2.24) is 0 Å². The first kappa shape index (κ1) is 13.7. The number of hydrogen-bond acceptors (Lipinski definition) is 0. The minimum Gasteiger partial charge on any atom is -0.146 e. The SMILES string of the molecule is Cl[Si]1(Cl)CCCC1.Cl[Si]1(Cl)CCCC1. The molecule has 0 aliphatic carbocycles. The Morgan fingerprint density at radius 1 is 0.500 bits per heavy atom. The van der Waals surface area contributed by atoms with Crippen LogP contribution >= 0.6 is 44.3 Å². The van der Waals surface area contributed by atoms with Gasteiger partial charge < -0.3 is 0 Å². The van der Waals surface area contributed by atoms with E-state index in [2.05, 4.69) is 0 Å². The van der Waals surface area contributed by atoms with Gasteiger partial charge in [0.2, 0.25) is 0 Å². The number of hydrogen-bond donors (Lipinski definition) is 0. The van der Waals surface area contributed by atoms with Gasteiger partial charge in [-0.2, -0.15) is 0 Å². The van der Waals surface area contributed by atoms with Crippen molar-refractivity contribution < 1.29 is 0 Å². The Balaban J connectivity index is 0.000000140. The highest BCUT2D eigenvalue weighted by molar-refractivity contribution is 7.46. The van der Waals surface area contributed by atoms with Crippen molar-refractivity contribution in [3.05, 3.63) is 0 Å². The third kappa shape index (κ3) is 5.62. The lowest BCUT2D eigenvalue weighted by Gasteiger charge is -2.02. The summed E-state index contributed by atoms with van der Waals surface area (Å²) in [6.45, 7) is -3.19. The third-order valence-electron chi connectivity index (χ3n) is 2.67. The first-order chi connectivity index (χ1) is 6.41. The van der Waals surface area contributed by atoms with E-state index in [9.17, 15) is 0 Å². The van der Waals surface area contributed by atoms with E-state index in [0.29, 0.717) is 0 Å². The predicted molar refractivity (Wildman–Crippen MR) is 72.6 cm³/mol. The number of rotatable bonds is 0. The molecule has 0 aromatic rings. The molecule has 0 bridgehead atoms. The predicted octanol–water partition coefficient (Wildman–Crippen LogP) is 5.40. The van der Waals surface area contributed by atoms with Crippen molar-refractivity contribution in [3.63, 3.8) is 0 Å². The van der Waals surface area contributed by atoms with Crippen LogP contribution in [-0.4, -0.2) is 13.4 Å². The summed E-state index contributed by atoms with van der Waals surface area (Å²) in [5.41, 5.74) is 0. The van der Waals surface area contributed by atoms with E-state index in [1.54, 1.807) is 0 Å². The maximum Gasteiger partial charge on any atom is 0.251 e. The van der Waals surface area contributed by atoms with E-state index in [0.717, 1.165) is 24.2 Å². The quantitative estimate of drug-likeness (QED) is 0.415. The summed E-state index contributed by atoms with van der Waals surface area (Å²) in [5.74, 6) is 0. The van der Waals surface area contributed by atoms with Gasteiger partial charge in [-0.05, 0) is 24.2 Å². The second-order valence-corrected chi connectivity index (χ2v) is 19.4. The summed E-state index contributed by atoms with van der Waals surface area (Å²) < 4.78 is 0. The fourth-order valence-electron chi connectivity index (χ4n) is 1.78. The Bertz CT molecular complexity index is 148. The molecule has 0 unspecified atom stereocenters. The maximum absolute atomic E-state index is 5.87. The first-order valence-corrected chi connectivity index (χ1v) is 14.0. The standard InChI is InChI=1S/2C4H8Cl2Si/c2*5-7(6)3-1-2-4-7/h2*1-4H2. The molecule has 2 aliphatic rings. The molecule has 0 aromatic heterocycles. The smallest absolute Gasteiger partial charge is 0.146 e. The molecular weight excluding hydrogens is 294 g/mol. The zero-order valence-corrected chi connectivity index (χ0v) is 13.2. The van der Waals surface area contributed by atoms with E-state index >= 15 is 0 Å². The highest BCUT2D eigenvalue weighted by Crippen LogP contribution is 2.36. The van der Waals surface area contributed by atoms with Gasteiger partial charge in [0.1, 0.15) is 0 Å². The van der Waals surface area contributed by atoms with Gasteiger partial charge in [-0.1, -0.05) is 25.7 Å².